The van der Waals surface area contributed by atoms with Crippen LogP contribution in [0.15, 0.2) is 6.07 Å². The number of aryl methyl sites for hydroxylation is 1. The topological polar surface area (TPSA) is 30.5 Å². The molecule has 0 aliphatic rings. The van der Waals surface area contributed by atoms with Gasteiger partial charge in [0.05, 0.1) is 13.8 Å². The van der Waals surface area contributed by atoms with E-state index in [9.17, 15) is 0 Å². The van der Waals surface area contributed by atoms with Crippen molar-refractivity contribution >= 4 is 0 Å². The van der Waals surface area contributed by atoms with E-state index < -0.39 is 0 Å². The third-order valence-electron chi connectivity index (χ3n) is 3.76. The number of rotatable bonds is 6. The molecule has 0 saturated heterocycles. The lowest BCUT2D eigenvalue weighted by Crippen LogP contribution is -2.35. The Hall–Kier alpha value is -1.06. The minimum Gasteiger partial charge on any atom is -0.496 e. The summed E-state index contributed by atoms with van der Waals surface area (Å²) in [4.78, 5) is 0. The summed E-state index contributed by atoms with van der Waals surface area (Å²) in [6.45, 7) is 12.4. The van der Waals surface area contributed by atoms with Gasteiger partial charge in [-0.05, 0) is 49.1 Å². The lowest BCUT2D eigenvalue weighted by atomic mass is 9.78. The van der Waals surface area contributed by atoms with Crippen LogP contribution in [0.3, 0.4) is 0 Å². The molecule has 3 nitrogen and oxygen atoms in total. The number of hydrogen-bond donors (Lipinski definition) is 1. The van der Waals surface area contributed by atoms with Crippen LogP contribution in [0.25, 0.3) is 0 Å². The van der Waals surface area contributed by atoms with Crippen molar-refractivity contribution < 1.29 is 9.47 Å². The first-order valence-electron chi connectivity index (χ1n) is 6.70. The minimum atomic E-state index is 0.0593. The van der Waals surface area contributed by atoms with Gasteiger partial charge in [-0.25, -0.2) is 0 Å². The molecule has 0 bridgehead atoms. The molecule has 0 atom stereocenters. The van der Waals surface area contributed by atoms with Crippen molar-refractivity contribution in [2.45, 2.75) is 40.0 Å². The van der Waals surface area contributed by atoms with Gasteiger partial charge in [-0.15, -0.1) is 0 Å². The normalized spacial score (nSPS) is 11.7. The molecule has 108 valence electrons. The Bertz CT molecular complexity index is 439. The van der Waals surface area contributed by atoms with Crippen molar-refractivity contribution in [2.24, 2.45) is 0 Å². The largest absolute Gasteiger partial charge is 0.496 e. The Morgan fingerprint density at radius 3 is 2.26 bits per heavy atom. The van der Waals surface area contributed by atoms with Gasteiger partial charge in [-0.2, -0.15) is 0 Å². The molecule has 0 amide bonds. The maximum atomic E-state index is 5.44. The molecule has 19 heavy (non-hydrogen) atoms. The zero-order chi connectivity index (χ0) is 14.6. The number of hydrogen-bond acceptors (Lipinski definition) is 3. The molecule has 1 N–H and O–H groups in total. The summed E-state index contributed by atoms with van der Waals surface area (Å²) in [5, 5.41) is 3.32. The first kappa shape index (κ1) is 16.0. The van der Waals surface area contributed by atoms with Crippen molar-refractivity contribution in [3.63, 3.8) is 0 Å². The number of ether oxygens (including phenoxy) is 2. The molecule has 0 aromatic heterocycles. The quantitative estimate of drug-likeness (QED) is 0.633. The van der Waals surface area contributed by atoms with E-state index in [-0.39, 0.29) is 5.41 Å². The standard InChI is InChI=1S/C16H27NO2/c1-11-8-14(19-7)12(2)13(3)15(11)16(4,5)9-17-10-18-6/h8,17H,9-10H2,1-7H3. The van der Waals surface area contributed by atoms with Gasteiger partial charge in [-0.1, -0.05) is 13.8 Å². The predicted octanol–water partition coefficient (Wildman–Crippen LogP) is 3.09. The SMILES string of the molecule is COCNCC(C)(C)c1c(C)cc(OC)c(C)c1C. The van der Waals surface area contributed by atoms with Crippen LogP contribution >= 0.6 is 0 Å². The molecule has 0 saturated carbocycles. The summed E-state index contributed by atoms with van der Waals surface area (Å²) in [7, 11) is 3.43. The third kappa shape index (κ3) is 3.48. The second kappa shape index (κ2) is 6.40. The van der Waals surface area contributed by atoms with E-state index in [0.29, 0.717) is 6.73 Å². The Balaban J connectivity index is 3.15. The minimum absolute atomic E-state index is 0.0593. The number of nitrogens with one attached hydrogen (secondary N) is 1. The Kier molecular flexibility index (Phi) is 5.39. The first-order chi connectivity index (χ1) is 8.85. The van der Waals surface area contributed by atoms with Crippen LogP contribution in [0.5, 0.6) is 5.75 Å². The summed E-state index contributed by atoms with van der Waals surface area (Å²) in [5.74, 6) is 0.972. The highest BCUT2D eigenvalue weighted by Gasteiger charge is 2.26. The summed E-state index contributed by atoms with van der Waals surface area (Å²) in [6, 6.07) is 2.13. The lowest BCUT2D eigenvalue weighted by Gasteiger charge is -2.31. The smallest absolute Gasteiger partial charge is 0.122 e. The second-order valence-corrected chi connectivity index (χ2v) is 5.76. The van der Waals surface area contributed by atoms with Crippen molar-refractivity contribution in [3.05, 3.63) is 28.3 Å². The fourth-order valence-electron chi connectivity index (χ4n) is 2.85. The fraction of sp³-hybridized carbons (Fsp3) is 0.625. The molecule has 0 heterocycles. The average Bonchev–Trinajstić information content (AvgIpc) is 2.33. The van der Waals surface area contributed by atoms with Gasteiger partial charge in [0.2, 0.25) is 0 Å². The van der Waals surface area contributed by atoms with E-state index in [2.05, 4.69) is 46.0 Å². The molecular weight excluding hydrogens is 238 g/mol. The van der Waals surface area contributed by atoms with Crippen LogP contribution in [0.2, 0.25) is 0 Å². The monoisotopic (exact) mass is 265 g/mol. The fourth-order valence-corrected chi connectivity index (χ4v) is 2.85. The Labute approximate surface area is 117 Å². The van der Waals surface area contributed by atoms with Crippen LogP contribution in [0.1, 0.15) is 36.1 Å². The van der Waals surface area contributed by atoms with Gasteiger partial charge in [0.15, 0.2) is 0 Å². The molecule has 0 unspecified atom stereocenters. The predicted molar refractivity (Wildman–Crippen MR) is 80.1 cm³/mol. The molecule has 3 heteroatoms. The van der Waals surface area contributed by atoms with E-state index >= 15 is 0 Å². The summed E-state index contributed by atoms with van der Waals surface area (Å²) in [6.07, 6.45) is 0. The van der Waals surface area contributed by atoms with Gasteiger partial charge in [0, 0.05) is 19.1 Å². The van der Waals surface area contributed by atoms with Crippen LogP contribution in [-0.4, -0.2) is 27.5 Å². The van der Waals surface area contributed by atoms with Gasteiger partial charge >= 0.3 is 0 Å². The van der Waals surface area contributed by atoms with E-state index in [1.807, 2.05) is 0 Å². The maximum absolute atomic E-state index is 5.44. The Morgan fingerprint density at radius 2 is 1.74 bits per heavy atom. The number of methoxy groups -OCH3 is 2. The summed E-state index contributed by atoms with van der Waals surface area (Å²) in [5.41, 5.74) is 5.28. The van der Waals surface area contributed by atoms with Crippen LogP contribution < -0.4 is 10.1 Å². The highest BCUT2D eigenvalue weighted by atomic mass is 16.5. The van der Waals surface area contributed by atoms with Gasteiger partial charge in [0.25, 0.3) is 0 Å². The molecule has 0 fully saturated rings. The Morgan fingerprint density at radius 1 is 1.11 bits per heavy atom. The molecule has 1 rings (SSSR count). The van der Waals surface area contributed by atoms with Gasteiger partial charge in [-0.3, -0.25) is 5.32 Å². The maximum Gasteiger partial charge on any atom is 0.122 e. The molecule has 0 spiro atoms. The highest BCUT2D eigenvalue weighted by molar-refractivity contribution is 5.51. The van der Waals surface area contributed by atoms with Crippen LogP contribution in [-0.2, 0) is 10.2 Å². The van der Waals surface area contributed by atoms with Crippen molar-refractivity contribution in [1.29, 1.82) is 0 Å². The van der Waals surface area contributed by atoms with Crippen LogP contribution in [0, 0.1) is 20.8 Å². The van der Waals surface area contributed by atoms with E-state index in [1.165, 1.54) is 22.3 Å². The van der Waals surface area contributed by atoms with Crippen molar-refractivity contribution in [1.82, 2.24) is 5.32 Å². The molecule has 1 aromatic rings. The van der Waals surface area contributed by atoms with Crippen molar-refractivity contribution in [2.75, 3.05) is 27.5 Å². The third-order valence-corrected chi connectivity index (χ3v) is 3.76. The van der Waals surface area contributed by atoms with E-state index in [4.69, 9.17) is 9.47 Å². The lowest BCUT2D eigenvalue weighted by molar-refractivity contribution is 0.169. The zero-order valence-electron chi connectivity index (χ0n) is 13.3. The second-order valence-electron chi connectivity index (χ2n) is 5.76. The molecular formula is C16H27NO2. The summed E-state index contributed by atoms with van der Waals surface area (Å²) >= 11 is 0. The van der Waals surface area contributed by atoms with E-state index in [1.54, 1.807) is 14.2 Å². The molecule has 0 radical (unpaired) electrons. The van der Waals surface area contributed by atoms with E-state index in [0.717, 1.165) is 12.3 Å². The zero-order valence-corrected chi connectivity index (χ0v) is 13.3. The van der Waals surface area contributed by atoms with Crippen LogP contribution in [0.4, 0.5) is 0 Å². The highest BCUT2D eigenvalue weighted by Crippen LogP contribution is 2.35. The average molecular weight is 265 g/mol. The van der Waals surface area contributed by atoms with Crippen molar-refractivity contribution in [3.8, 4) is 5.75 Å². The first-order valence-corrected chi connectivity index (χ1v) is 6.70. The summed E-state index contributed by atoms with van der Waals surface area (Å²) < 4.78 is 10.5. The molecule has 1 aromatic carbocycles. The van der Waals surface area contributed by atoms with Gasteiger partial charge < -0.3 is 9.47 Å². The number of benzene rings is 1. The van der Waals surface area contributed by atoms with Gasteiger partial charge in [0.1, 0.15) is 5.75 Å². The molecule has 0 aliphatic carbocycles. The molecule has 0 aliphatic heterocycles.